The second-order valence-corrected chi connectivity index (χ2v) is 10.5. The number of nitrogens with one attached hydrogen (secondary N) is 1. The van der Waals surface area contributed by atoms with E-state index in [1.807, 2.05) is 51.1 Å². The molecule has 0 bridgehead atoms. The Kier molecular flexibility index (Phi) is 43.1. The third kappa shape index (κ3) is 37.0. The minimum atomic E-state index is -1.18. The fraction of sp³-hybridized carbons (Fsp3) is 0.636. The molecule has 0 heterocycles. The van der Waals surface area contributed by atoms with Crippen molar-refractivity contribution in [2.45, 2.75) is 100.0 Å². The molecule has 0 aliphatic carbocycles. The fourth-order valence-corrected chi connectivity index (χ4v) is 2.83. The number of hydrogen-bond acceptors (Lipinski definition) is 7. The minimum absolute atomic E-state index is 0. The third-order valence-corrected chi connectivity index (χ3v) is 6.34. The van der Waals surface area contributed by atoms with Gasteiger partial charge in [0.1, 0.15) is 0 Å². The first-order valence-electron chi connectivity index (χ1n) is 15.1. The van der Waals surface area contributed by atoms with Crippen LogP contribution >= 0.6 is 0 Å². The second kappa shape index (κ2) is 36.3. The molecule has 0 aromatic heterocycles. The van der Waals surface area contributed by atoms with Gasteiger partial charge in [0.05, 0.1) is 0 Å². The summed E-state index contributed by atoms with van der Waals surface area (Å²) in [5.41, 5.74) is 6.34. The molecule has 0 spiro atoms. The molecule has 0 saturated heterocycles. The van der Waals surface area contributed by atoms with E-state index >= 15 is 0 Å². The molecule has 0 fully saturated rings. The van der Waals surface area contributed by atoms with Crippen LogP contribution < -0.4 is 80.4 Å². The van der Waals surface area contributed by atoms with Crippen LogP contribution in [0.15, 0.2) is 43.0 Å². The van der Waals surface area contributed by atoms with Gasteiger partial charge in [0.25, 0.3) is 0 Å². The molecule has 0 aliphatic rings. The van der Waals surface area contributed by atoms with Crippen LogP contribution in [0.1, 0.15) is 99.0 Å². The molecule has 3 unspecified atom stereocenters. The normalized spacial score (nSPS) is 11.3. The van der Waals surface area contributed by atoms with Crippen LogP contribution in [0.25, 0.3) is 0 Å². The maximum absolute atomic E-state index is 12.1. The van der Waals surface area contributed by atoms with Gasteiger partial charge in [0.2, 0.25) is 11.8 Å². The van der Waals surface area contributed by atoms with Crippen molar-refractivity contribution in [2.75, 3.05) is 19.6 Å². The second-order valence-electron chi connectivity index (χ2n) is 10.5. The summed E-state index contributed by atoms with van der Waals surface area (Å²) in [6.07, 6.45) is 4.54. The monoisotopic (exact) mass is 637 g/mol. The summed E-state index contributed by atoms with van der Waals surface area (Å²) in [5.74, 6) is -1.16. The Hall–Kier alpha value is -1.20. The molecule has 1 aromatic carbocycles. The molecular weight excluding hydrogens is 580 g/mol. The number of aliphatic carboxylic acids is 2. The molecule has 1 aromatic rings. The average molecular weight is 638 g/mol. The van der Waals surface area contributed by atoms with E-state index in [1.165, 1.54) is 6.42 Å². The standard InChI is InChI=1S/C16H23NO3.C9H17NO3.C5H13N.C3H6.2Na/c1-3-13(2)11-17(15(18)9-10-16(19)20)12-14-7-5-4-6-8-14;1-3-7(2)6-10-8(11)4-5-9(12)13;1-3-5(2)4-6;1-3-2;;/h4-8,13H,3,9-12H2,1-2H3,(H,19,20);7H,3-6H2,1-2H3,(H,10,11)(H,12,13);5H,3-4,6H2,1-2H3;3H,1H2,2H3;;/q;;;;2*+1/p-2. The maximum atomic E-state index is 12.1. The van der Waals surface area contributed by atoms with E-state index in [0.29, 0.717) is 37.4 Å². The Bertz CT molecular complexity index is 855. The Morgan fingerprint density at radius 1 is 0.841 bits per heavy atom. The number of nitrogens with zero attached hydrogens (tertiary/aromatic N) is 1. The number of allylic oxidation sites excluding steroid dienone is 1. The van der Waals surface area contributed by atoms with E-state index < -0.39 is 11.9 Å². The van der Waals surface area contributed by atoms with Gasteiger partial charge in [-0.15, -0.1) is 6.58 Å². The SMILES string of the molecule is C=CC.CCC(C)CN.CCC(C)CN(Cc1ccccc1)C(=O)CCC(=O)[O-].CCC(C)CNC(=O)CCC(=O)[O-].[Na+].[Na+]. The molecule has 242 valence electrons. The van der Waals surface area contributed by atoms with E-state index in [1.54, 1.807) is 11.0 Å². The van der Waals surface area contributed by atoms with Gasteiger partial charge in [0, 0.05) is 44.4 Å². The van der Waals surface area contributed by atoms with Crippen molar-refractivity contribution >= 4 is 23.8 Å². The zero-order valence-electron chi connectivity index (χ0n) is 29.2. The molecule has 44 heavy (non-hydrogen) atoms. The summed E-state index contributed by atoms with van der Waals surface area (Å²) < 4.78 is 0. The van der Waals surface area contributed by atoms with Gasteiger partial charge in [-0.25, -0.2) is 0 Å². The topological polar surface area (TPSA) is 156 Å². The first-order valence-corrected chi connectivity index (χ1v) is 15.1. The summed E-state index contributed by atoms with van der Waals surface area (Å²) in [7, 11) is 0. The van der Waals surface area contributed by atoms with Crippen LogP contribution in [0.3, 0.4) is 0 Å². The van der Waals surface area contributed by atoms with Crippen molar-refractivity contribution < 1.29 is 88.5 Å². The number of carbonyl (C=O) groups is 4. The summed E-state index contributed by atoms with van der Waals surface area (Å²) in [5, 5.41) is 23.1. The minimum Gasteiger partial charge on any atom is -0.550 e. The van der Waals surface area contributed by atoms with Gasteiger partial charge in [0.15, 0.2) is 0 Å². The Balaban J connectivity index is -0.000000182. The first kappa shape index (κ1) is 52.3. The predicted molar refractivity (Wildman–Crippen MR) is 167 cm³/mol. The zero-order chi connectivity index (χ0) is 32.9. The molecule has 2 amide bonds. The van der Waals surface area contributed by atoms with Crippen LogP contribution in [0.2, 0.25) is 0 Å². The maximum Gasteiger partial charge on any atom is 1.00 e. The van der Waals surface area contributed by atoms with Crippen molar-refractivity contribution in [2.24, 2.45) is 23.5 Å². The average Bonchev–Trinajstić information content (AvgIpc) is 2.98. The third-order valence-electron chi connectivity index (χ3n) is 6.34. The van der Waals surface area contributed by atoms with Crippen molar-refractivity contribution in [1.82, 2.24) is 10.2 Å². The van der Waals surface area contributed by atoms with Crippen molar-refractivity contribution in [3.63, 3.8) is 0 Å². The molecule has 0 radical (unpaired) electrons. The van der Waals surface area contributed by atoms with Gasteiger partial charge in [-0.2, -0.15) is 0 Å². The van der Waals surface area contributed by atoms with Gasteiger partial charge < -0.3 is 35.8 Å². The molecule has 3 atom stereocenters. The van der Waals surface area contributed by atoms with E-state index in [-0.39, 0.29) is 96.6 Å². The summed E-state index contributed by atoms with van der Waals surface area (Å²) in [6.45, 7) is 20.4. The number of carboxylic acid groups (broad SMARTS) is 2. The molecular formula is C33H57N3Na2O6. The van der Waals surface area contributed by atoms with Crippen LogP contribution in [-0.2, 0) is 25.7 Å². The molecule has 9 nitrogen and oxygen atoms in total. The van der Waals surface area contributed by atoms with E-state index in [2.05, 4.69) is 39.6 Å². The number of nitrogens with two attached hydrogens (primary N) is 1. The molecule has 0 saturated carbocycles. The number of benzene rings is 1. The number of carboxylic acids is 2. The largest absolute Gasteiger partial charge is 1.00 e. The Morgan fingerprint density at radius 3 is 1.68 bits per heavy atom. The molecule has 1 rings (SSSR count). The Morgan fingerprint density at radius 2 is 1.30 bits per heavy atom. The zero-order valence-corrected chi connectivity index (χ0v) is 33.2. The van der Waals surface area contributed by atoms with E-state index in [9.17, 15) is 29.4 Å². The number of rotatable bonds is 16. The van der Waals surface area contributed by atoms with Gasteiger partial charge in [-0.05, 0) is 49.6 Å². The summed E-state index contributed by atoms with van der Waals surface area (Å²) in [6, 6.07) is 9.73. The van der Waals surface area contributed by atoms with E-state index in [4.69, 9.17) is 5.73 Å². The van der Waals surface area contributed by atoms with Gasteiger partial charge in [-0.1, -0.05) is 97.2 Å². The molecule has 3 N–H and O–H groups in total. The number of hydrogen-bond donors (Lipinski definition) is 2. The first-order chi connectivity index (χ1) is 19.8. The smallest absolute Gasteiger partial charge is 0.550 e. The molecule has 11 heteroatoms. The summed E-state index contributed by atoms with van der Waals surface area (Å²) >= 11 is 0. The van der Waals surface area contributed by atoms with Crippen LogP contribution in [0.4, 0.5) is 0 Å². The van der Waals surface area contributed by atoms with Crippen molar-refractivity contribution in [1.29, 1.82) is 0 Å². The van der Waals surface area contributed by atoms with Crippen LogP contribution in [-0.4, -0.2) is 48.3 Å². The van der Waals surface area contributed by atoms with Crippen molar-refractivity contribution in [3.8, 4) is 0 Å². The summed E-state index contributed by atoms with van der Waals surface area (Å²) in [4.78, 5) is 45.3. The fourth-order valence-electron chi connectivity index (χ4n) is 2.83. The number of carbonyl (C=O) groups excluding carboxylic acids is 4. The number of amides is 2. The quantitative estimate of drug-likeness (QED) is 0.150. The van der Waals surface area contributed by atoms with Gasteiger partial charge in [-0.3, -0.25) is 9.59 Å². The van der Waals surface area contributed by atoms with Crippen LogP contribution in [0.5, 0.6) is 0 Å². The van der Waals surface area contributed by atoms with Gasteiger partial charge >= 0.3 is 59.1 Å². The Labute approximate surface area is 311 Å². The molecule has 0 aliphatic heterocycles. The van der Waals surface area contributed by atoms with E-state index in [0.717, 1.165) is 24.9 Å². The van der Waals surface area contributed by atoms with Crippen LogP contribution in [0, 0.1) is 17.8 Å². The predicted octanol–water partition coefficient (Wildman–Crippen LogP) is -2.54. The van der Waals surface area contributed by atoms with Crippen molar-refractivity contribution in [3.05, 3.63) is 48.6 Å².